The van der Waals surface area contributed by atoms with Crippen LogP contribution >= 0.6 is 0 Å². The third-order valence-corrected chi connectivity index (χ3v) is 2.81. The molecule has 0 bridgehead atoms. The van der Waals surface area contributed by atoms with E-state index in [1.807, 2.05) is 0 Å². The predicted octanol–water partition coefficient (Wildman–Crippen LogP) is 0.731. The normalized spacial score (nSPS) is 10.7. The maximum absolute atomic E-state index is 11.9. The molecular formula is C12H18N6O2. The molecule has 0 aliphatic rings. The Morgan fingerprint density at radius 3 is 3.00 bits per heavy atom. The summed E-state index contributed by atoms with van der Waals surface area (Å²) < 4.78 is 5.09. The summed E-state index contributed by atoms with van der Waals surface area (Å²) in [5.41, 5.74) is 0. The van der Waals surface area contributed by atoms with Crippen molar-refractivity contribution in [1.29, 1.82) is 0 Å². The van der Waals surface area contributed by atoms with Gasteiger partial charge in [0, 0.05) is 26.3 Å². The van der Waals surface area contributed by atoms with Crippen molar-refractivity contribution in [2.45, 2.75) is 39.2 Å². The standard InChI is InChI=1S/C12H18N6O2/c1-3-4-9-15-11(20-17-9)5-6-12(19)18(2)7-10-13-8-14-16-10/h8H,3-7H2,1-2H3,(H,13,14,16). The van der Waals surface area contributed by atoms with Gasteiger partial charge in [0.2, 0.25) is 11.8 Å². The van der Waals surface area contributed by atoms with Gasteiger partial charge in [-0.3, -0.25) is 9.89 Å². The van der Waals surface area contributed by atoms with Crippen molar-refractivity contribution >= 4 is 5.91 Å². The highest BCUT2D eigenvalue weighted by Crippen LogP contribution is 2.05. The van der Waals surface area contributed by atoms with Crippen molar-refractivity contribution in [2.24, 2.45) is 0 Å². The summed E-state index contributed by atoms with van der Waals surface area (Å²) >= 11 is 0. The van der Waals surface area contributed by atoms with Crippen LogP contribution in [-0.2, 0) is 24.2 Å². The summed E-state index contributed by atoms with van der Waals surface area (Å²) in [6.45, 7) is 2.46. The number of carbonyl (C=O) groups is 1. The third-order valence-electron chi connectivity index (χ3n) is 2.81. The number of aromatic amines is 1. The van der Waals surface area contributed by atoms with E-state index in [-0.39, 0.29) is 5.91 Å². The van der Waals surface area contributed by atoms with Gasteiger partial charge >= 0.3 is 0 Å². The number of carbonyl (C=O) groups excluding carboxylic acids is 1. The first-order chi connectivity index (χ1) is 9.69. The number of nitrogens with zero attached hydrogens (tertiary/aromatic N) is 5. The van der Waals surface area contributed by atoms with Crippen LogP contribution in [0.15, 0.2) is 10.9 Å². The number of rotatable bonds is 7. The Labute approximate surface area is 116 Å². The highest BCUT2D eigenvalue weighted by atomic mass is 16.5. The van der Waals surface area contributed by atoms with E-state index in [1.54, 1.807) is 11.9 Å². The molecule has 1 N–H and O–H groups in total. The van der Waals surface area contributed by atoms with Crippen LogP contribution in [0.4, 0.5) is 0 Å². The minimum absolute atomic E-state index is 0.00311. The monoisotopic (exact) mass is 278 g/mol. The van der Waals surface area contributed by atoms with Gasteiger partial charge in [-0.05, 0) is 6.42 Å². The molecule has 8 heteroatoms. The van der Waals surface area contributed by atoms with E-state index in [4.69, 9.17) is 4.52 Å². The van der Waals surface area contributed by atoms with Crippen molar-refractivity contribution < 1.29 is 9.32 Å². The smallest absolute Gasteiger partial charge is 0.227 e. The quantitative estimate of drug-likeness (QED) is 0.801. The van der Waals surface area contributed by atoms with Gasteiger partial charge in [0.05, 0.1) is 6.54 Å². The number of nitrogens with one attached hydrogen (secondary N) is 1. The Morgan fingerprint density at radius 2 is 2.30 bits per heavy atom. The van der Waals surface area contributed by atoms with Gasteiger partial charge in [-0.1, -0.05) is 12.1 Å². The molecule has 0 spiro atoms. The van der Waals surface area contributed by atoms with E-state index < -0.39 is 0 Å². The minimum Gasteiger partial charge on any atom is -0.339 e. The molecule has 0 atom stereocenters. The lowest BCUT2D eigenvalue weighted by Gasteiger charge is -2.14. The van der Waals surface area contributed by atoms with Crippen molar-refractivity contribution in [3.05, 3.63) is 23.9 Å². The molecule has 2 rings (SSSR count). The van der Waals surface area contributed by atoms with Gasteiger partial charge in [0.1, 0.15) is 12.2 Å². The Kier molecular flexibility index (Phi) is 4.80. The van der Waals surface area contributed by atoms with Crippen LogP contribution in [0.25, 0.3) is 0 Å². The van der Waals surface area contributed by atoms with Gasteiger partial charge < -0.3 is 9.42 Å². The number of amides is 1. The van der Waals surface area contributed by atoms with Crippen molar-refractivity contribution in [3.8, 4) is 0 Å². The maximum atomic E-state index is 11.9. The molecule has 0 unspecified atom stereocenters. The lowest BCUT2D eigenvalue weighted by atomic mass is 10.2. The number of hydrogen-bond acceptors (Lipinski definition) is 6. The molecule has 0 aromatic carbocycles. The van der Waals surface area contributed by atoms with E-state index in [0.29, 0.717) is 36.9 Å². The zero-order chi connectivity index (χ0) is 14.4. The molecular weight excluding hydrogens is 260 g/mol. The molecule has 2 aromatic heterocycles. The van der Waals surface area contributed by atoms with Gasteiger partial charge in [-0.15, -0.1) is 0 Å². The maximum Gasteiger partial charge on any atom is 0.227 e. The van der Waals surface area contributed by atoms with Crippen LogP contribution in [0.1, 0.15) is 37.3 Å². The molecule has 0 fully saturated rings. The highest BCUT2D eigenvalue weighted by Gasteiger charge is 2.13. The SMILES string of the molecule is CCCc1noc(CCC(=O)N(C)Cc2ncn[nH]2)n1. The van der Waals surface area contributed by atoms with Gasteiger partial charge in [0.15, 0.2) is 5.82 Å². The topological polar surface area (TPSA) is 101 Å². The third kappa shape index (κ3) is 3.87. The molecule has 0 saturated carbocycles. The van der Waals surface area contributed by atoms with Gasteiger partial charge in [0.25, 0.3) is 0 Å². The fourth-order valence-corrected chi connectivity index (χ4v) is 1.74. The van der Waals surface area contributed by atoms with E-state index in [0.717, 1.165) is 12.8 Å². The second-order valence-corrected chi connectivity index (χ2v) is 4.54. The fraction of sp³-hybridized carbons (Fsp3) is 0.583. The fourth-order valence-electron chi connectivity index (χ4n) is 1.74. The predicted molar refractivity (Wildman–Crippen MR) is 69.5 cm³/mol. The lowest BCUT2D eigenvalue weighted by Crippen LogP contribution is -2.26. The highest BCUT2D eigenvalue weighted by molar-refractivity contribution is 5.75. The summed E-state index contributed by atoms with van der Waals surface area (Å²) in [6.07, 6.45) is 3.97. The molecule has 0 aliphatic carbocycles. The summed E-state index contributed by atoms with van der Waals surface area (Å²) in [5, 5.41) is 10.3. The van der Waals surface area contributed by atoms with Crippen LogP contribution in [0.5, 0.6) is 0 Å². The van der Waals surface area contributed by atoms with Crippen molar-refractivity contribution in [1.82, 2.24) is 30.2 Å². The molecule has 0 radical (unpaired) electrons. The molecule has 0 aliphatic heterocycles. The number of aryl methyl sites for hydroxylation is 2. The second kappa shape index (κ2) is 6.78. The minimum atomic E-state index is -0.00311. The lowest BCUT2D eigenvalue weighted by molar-refractivity contribution is -0.130. The molecule has 2 aromatic rings. The second-order valence-electron chi connectivity index (χ2n) is 4.54. The largest absolute Gasteiger partial charge is 0.339 e. The number of H-pyrrole nitrogens is 1. The van der Waals surface area contributed by atoms with E-state index >= 15 is 0 Å². The van der Waals surface area contributed by atoms with Crippen LogP contribution in [0.3, 0.4) is 0 Å². The van der Waals surface area contributed by atoms with Gasteiger partial charge in [-0.2, -0.15) is 10.1 Å². The first-order valence-electron chi connectivity index (χ1n) is 6.58. The van der Waals surface area contributed by atoms with Crippen LogP contribution in [-0.4, -0.2) is 43.2 Å². The van der Waals surface area contributed by atoms with Crippen LogP contribution in [0, 0.1) is 0 Å². The van der Waals surface area contributed by atoms with E-state index in [2.05, 4.69) is 32.2 Å². The summed E-state index contributed by atoms with van der Waals surface area (Å²) in [4.78, 5) is 21.7. The Morgan fingerprint density at radius 1 is 1.45 bits per heavy atom. The van der Waals surface area contributed by atoms with Crippen LogP contribution in [0.2, 0.25) is 0 Å². The summed E-state index contributed by atoms with van der Waals surface area (Å²) in [6, 6.07) is 0. The Hall–Kier alpha value is -2.25. The van der Waals surface area contributed by atoms with E-state index in [9.17, 15) is 4.79 Å². The Balaban J connectivity index is 1.78. The molecule has 1 amide bonds. The van der Waals surface area contributed by atoms with Crippen molar-refractivity contribution in [2.75, 3.05) is 7.05 Å². The van der Waals surface area contributed by atoms with Crippen molar-refractivity contribution in [3.63, 3.8) is 0 Å². The molecule has 8 nitrogen and oxygen atoms in total. The molecule has 20 heavy (non-hydrogen) atoms. The van der Waals surface area contributed by atoms with E-state index in [1.165, 1.54) is 6.33 Å². The molecule has 0 saturated heterocycles. The summed E-state index contributed by atoms with van der Waals surface area (Å²) in [5.74, 6) is 1.86. The molecule has 108 valence electrons. The first kappa shape index (κ1) is 14.2. The molecule has 2 heterocycles. The van der Waals surface area contributed by atoms with Crippen LogP contribution < -0.4 is 0 Å². The Bertz CT molecular complexity index is 536. The number of hydrogen-bond donors (Lipinski definition) is 1. The zero-order valence-corrected chi connectivity index (χ0v) is 11.7. The average Bonchev–Trinajstić information content (AvgIpc) is 3.08. The average molecular weight is 278 g/mol. The summed E-state index contributed by atoms with van der Waals surface area (Å²) in [7, 11) is 1.72. The zero-order valence-electron chi connectivity index (χ0n) is 11.7. The number of aromatic nitrogens is 5. The first-order valence-corrected chi connectivity index (χ1v) is 6.58. The van der Waals surface area contributed by atoms with Gasteiger partial charge in [-0.25, -0.2) is 4.98 Å².